The standard InChI is InChI=1S/C7H10N2O4S/c10-7(11)4-5-3(1-2-8-5)9-6(4)14(12)13/h3-5,8-9H,1-2H2,(H,10,11). The lowest BCUT2D eigenvalue weighted by Crippen LogP contribution is -2.38. The van der Waals surface area contributed by atoms with Gasteiger partial charge in [0.2, 0.25) is 10.3 Å². The number of hydrogen-bond donors (Lipinski definition) is 3. The summed E-state index contributed by atoms with van der Waals surface area (Å²) in [6.45, 7) is 0.727. The van der Waals surface area contributed by atoms with Crippen LogP contribution in [0.4, 0.5) is 0 Å². The molecule has 0 aliphatic carbocycles. The van der Waals surface area contributed by atoms with Crippen molar-refractivity contribution in [2.45, 2.75) is 18.5 Å². The Balaban J connectivity index is 2.41. The molecule has 2 fully saturated rings. The van der Waals surface area contributed by atoms with E-state index in [0.717, 1.165) is 13.0 Å². The molecule has 0 aromatic carbocycles. The average molecular weight is 218 g/mol. The molecule has 0 aromatic rings. The molecule has 0 aromatic heterocycles. The molecule has 0 spiro atoms. The molecule has 0 amide bonds. The molecule has 2 aliphatic heterocycles. The van der Waals surface area contributed by atoms with Crippen molar-refractivity contribution in [3.8, 4) is 0 Å². The minimum absolute atomic E-state index is 0.0657. The second kappa shape index (κ2) is 3.34. The first-order valence-corrected chi connectivity index (χ1v) is 5.37. The fraction of sp³-hybridized carbons (Fsp3) is 0.714. The summed E-state index contributed by atoms with van der Waals surface area (Å²) in [6, 6.07) is -0.357. The molecule has 0 saturated carbocycles. The minimum Gasteiger partial charge on any atom is -0.481 e. The van der Waals surface area contributed by atoms with Crippen LogP contribution in [0.1, 0.15) is 6.42 Å². The van der Waals surface area contributed by atoms with E-state index in [1.54, 1.807) is 0 Å². The molecule has 3 atom stereocenters. The zero-order valence-corrected chi connectivity index (χ0v) is 8.04. The summed E-state index contributed by atoms with van der Waals surface area (Å²) < 4.78 is 21.5. The number of carboxylic acid groups (broad SMARTS) is 1. The Hall–Kier alpha value is -0.920. The lowest BCUT2D eigenvalue weighted by molar-refractivity contribution is -0.139. The Morgan fingerprint density at radius 2 is 2.21 bits per heavy atom. The van der Waals surface area contributed by atoms with E-state index in [4.69, 9.17) is 5.11 Å². The minimum atomic E-state index is -2.47. The van der Waals surface area contributed by atoms with Gasteiger partial charge in [0.1, 0.15) is 10.9 Å². The van der Waals surface area contributed by atoms with Crippen LogP contribution in [-0.2, 0) is 15.1 Å². The molecule has 2 saturated heterocycles. The molecule has 78 valence electrons. The van der Waals surface area contributed by atoms with Crippen LogP contribution in [0.15, 0.2) is 0 Å². The predicted octanol–water partition coefficient (Wildman–Crippen LogP) is -1.97. The largest absolute Gasteiger partial charge is 0.481 e. The second-order valence-corrected chi connectivity index (χ2v) is 4.34. The van der Waals surface area contributed by atoms with Crippen LogP contribution < -0.4 is 10.6 Å². The Labute approximate surface area is 81.8 Å². The number of aliphatic carboxylic acids is 1. The molecule has 2 rings (SSSR count). The lowest BCUT2D eigenvalue weighted by Gasteiger charge is -2.11. The van der Waals surface area contributed by atoms with E-state index in [-0.39, 0.29) is 17.1 Å². The zero-order valence-electron chi connectivity index (χ0n) is 7.23. The molecule has 3 unspecified atom stereocenters. The average Bonchev–Trinajstić information content (AvgIpc) is 2.58. The summed E-state index contributed by atoms with van der Waals surface area (Å²) in [6.07, 6.45) is 0.759. The highest BCUT2D eigenvalue weighted by atomic mass is 32.2. The molecule has 2 heterocycles. The van der Waals surface area contributed by atoms with Crippen molar-refractivity contribution in [1.29, 1.82) is 0 Å². The summed E-state index contributed by atoms with van der Waals surface area (Å²) in [5.41, 5.74) is 0. The molecule has 3 N–H and O–H groups in total. The van der Waals surface area contributed by atoms with Gasteiger partial charge in [-0.1, -0.05) is 0 Å². The van der Waals surface area contributed by atoms with Crippen molar-refractivity contribution < 1.29 is 18.3 Å². The Kier molecular flexibility index (Phi) is 2.30. The van der Waals surface area contributed by atoms with Crippen LogP contribution in [0.2, 0.25) is 0 Å². The van der Waals surface area contributed by atoms with Crippen LogP contribution >= 0.6 is 0 Å². The zero-order chi connectivity index (χ0) is 10.3. The number of carbonyl (C=O) groups is 1. The summed E-state index contributed by atoms with van der Waals surface area (Å²) in [5.74, 6) is -2.06. The van der Waals surface area contributed by atoms with Gasteiger partial charge < -0.3 is 10.4 Å². The fourth-order valence-electron chi connectivity index (χ4n) is 2.09. The fourth-order valence-corrected chi connectivity index (χ4v) is 2.79. The van der Waals surface area contributed by atoms with E-state index < -0.39 is 22.2 Å². The van der Waals surface area contributed by atoms with Crippen molar-refractivity contribution in [3.63, 3.8) is 0 Å². The summed E-state index contributed by atoms with van der Waals surface area (Å²) in [5, 5.41) is 14.6. The topological polar surface area (TPSA) is 95.5 Å². The highest BCUT2D eigenvalue weighted by Crippen LogP contribution is 2.23. The van der Waals surface area contributed by atoms with E-state index in [9.17, 15) is 13.2 Å². The summed E-state index contributed by atoms with van der Waals surface area (Å²) in [4.78, 5) is 10.8. The summed E-state index contributed by atoms with van der Waals surface area (Å²) >= 11 is 0. The van der Waals surface area contributed by atoms with Gasteiger partial charge >= 0.3 is 5.97 Å². The number of hydrogen-bond acceptors (Lipinski definition) is 4. The van der Waals surface area contributed by atoms with Gasteiger partial charge in [-0.05, 0) is 13.0 Å². The number of nitrogens with one attached hydrogen (secondary N) is 2. The van der Waals surface area contributed by atoms with Gasteiger partial charge in [0.25, 0.3) is 0 Å². The monoisotopic (exact) mass is 218 g/mol. The smallest absolute Gasteiger partial charge is 0.314 e. The quantitative estimate of drug-likeness (QED) is 0.442. The third kappa shape index (κ3) is 1.33. The normalized spacial score (nSPS) is 35.7. The number of rotatable bonds is 1. The molecular weight excluding hydrogens is 208 g/mol. The molecular formula is C7H10N2O4S. The van der Waals surface area contributed by atoms with Crippen molar-refractivity contribution in [2.75, 3.05) is 6.54 Å². The van der Waals surface area contributed by atoms with E-state index in [0.29, 0.717) is 0 Å². The van der Waals surface area contributed by atoms with Crippen molar-refractivity contribution >= 4 is 21.3 Å². The van der Waals surface area contributed by atoms with Gasteiger partial charge in [-0.25, -0.2) is 0 Å². The third-order valence-corrected chi connectivity index (χ3v) is 3.41. The first kappa shape index (κ1) is 9.63. The third-order valence-electron chi connectivity index (χ3n) is 2.68. The Morgan fingerprint density at radius 1 is 1.50 bits per heavy atom. The lowest BCUT2D eigenvalue weighted by atomic mass is 10.0. The van der Waals surface area contributed by atoms with E-state index >= 15 is 0 Å². The highest BCUT2D eigenvalue weighted by molar-refractivity contribution is 7.73. The van der Waals surface area contributed by atoms with Gasteiger partial charge in [-0.3, -0.25) is 10.1 Å². The Bertz CT molecular complexity index is 394. The number of fused-ring (bicyclic) bond motifs is 1. The van der Waals surface area contributed by atoms with Crippen LogP contribution in [0, 0.1) is 5.92 Å². The van der Waals surface area contributed by atoms with Crippen molar-refractivity contribution in [3.05, 3.63) is 0 Å². The van der Waals surface area contributed by atoms with E-state index in [2.05, 4.69) is 10.6 Å². The van der Waals surface area contributed by atoms with Crippen LogP contribution in [0.5, 0.6) is 0 Å². The maximum absolute atomic E-state index is 10.9. The SMILES string of the molecule is O=C(O)C1C(=S(=O)=O)NC2CCNC21. The second-order valence-electron chi connectivity index (χ2n) is 3.43. The van der Waals surface area contributed by atoms with Gasteiger partial charge in [-0.2, -0.15) is 8.42 Å². The molecule has 0 radical (unpaired) electrons. The molecule has 0 bridgehead atoms. The van der Waals surface area contributed by atoms with Crippen LogP contribution in [0.3, 0.4) is 0 Å². The van der Waals surface area contributed by atoms with Crippen LogP contribution in [0.25, 0.3) is 0 Å². The van der Waals surface area contributed by atoms with Gasteiger partial charge in [0.05, 0.1) is 0 Å². The van der Waals surface area contributed by atoms with E-state index in [1.807, 2.05) is 0 Å². The first-order chi connectivity index (χ1) is 6.61. The highest BCUT2D eigenvalue weighted by Gasteiger charge is 2.47. The molecule has 2 aliphatic rings. The molecule has 14 heavy (non-hydrogen) atoms. The summed E-state index contributed by atoms with van der Waals surface area (Å²) in [7, 11) is -2.47. The first-order valence-electron chi connectivity index (χ1n) is 4.30. The van der Waals surface area contributed by atoms with Crippen molar-refractivity contribution in [2.24, 2.45) is 5.92 Å². The van der Waals surface area contributed by atoms with Gasteiger partial charge in [-0.15, -0.1) is 0 Å². The maximum atomic E-state index is 10.9. The maximum Gasteiger partial charge on any atom is 0.314 e. The molecule has 6 nitrogen and oxygen atoms in total. The van der Waals surface area contributed by atoms with Gasteiger partial charge in [0.15, 0.2) is 0 Å². The van der Waals surface area contributed by atoms with Crippen LogP contribution in [-0.4, -0.2) is 43.1 Å². The molecule has 7 heteroatoms. The number of carboxylic acids is 1. The van der Waals surface area contributed by atoms with Gasteiger partial charge in [0, 0.05) is 12.1 Å². The van der Waals surface area contributed by atoms with E-state index in [1.165, 1.54) is 0 Å². The van der Waals surface area contributed by atoms with Crippen molar-refractivity contribution in [1.82, 2.24) is 10.6 Å². The predicted molar refractivity (Wildman–Crippen MR) is 48.4 cm³/mol. The Morgan fingerprint density at radius 3 is 2.79 bits per heavy atom.